The van der Waals surface area contributed by atoms with Gasteiger partial charge in [0, 0.05) is 10.8 Å². The molecule has 0 radical (unpaired) electrons. The maximum atomic E-state index is 12.0. The Hall–Kier alpha value is -1.11. The lowest BCUT2D eigenvalue weighted by Gasteiger charge is -2.15. The second-order valence-electron chi connectivity index (χ2n) is 5.40. The number of carbonyl (C=O) groups excluding carboxylic acids is 1. The third-order valence-electron chi connectivity index (χ3n) is 2.40. The van der Waals surface area contributed by atoms with Gasteiger partial charge in [-0.3, -0.25) is 4.79 Å². The first-order valence-corrected chi connectivity index (χ1v) is 6.69. The first-order valence-electron chi connectivity index (χ1n) is 5.81. The standard InChI is InChI=1S/C12H17F3N2OS/c1-7(16-9(18)5-12(13,14)15)10-17-8(6-19-10)11(2,3)4/h6-7H,5H2,1-4H3,(H,16,18)/t7-/m0/s1. The molecule has 0 unspecified atom stereocenters. The molecule has 0 saturated heterocycles. The van der Waals surface area contributed by atoms with Crippen molar-refractivity contribution in [3.8, 4) is 0 Å². The number of alkyl halides is 3. The van der Waals surface area contributed by atoms with Crippen molar-refractivity contribution in [1.29, 1.82) is 0 Å². The number of hydrogen-bond acceptors (Lipinski definition) is 3. The summed E-state index contributed by atoms with van der Waals surface area (Å²) in [5.41, 5.74) is 0.745. The van der Waals surface area contributed by atoms with Crippen LogP contribution < -0.4 is 5.32 Å². The van der Waals surface area contributed by atoms with E-state index in [1.807, 2.05) is 26.2 Å². The average Bonchev–Trinajstić information content (AvgIpc) is 2.61. The molecule has 0 bridgehead atoms. The van der Waals surface area contributed by atoms with E-state index in [-0.39, 0.29) is 5.41 Å². The van der Waals surface area contributed by atoms with Gasteiger partial charge in [0.25, 0.3) is 0 Å². The summed E-state index contributed by atoms with van der Waals surface area (Å²) in [4.78, 5) is 15.5. The summed E-state index contributed by atoms with van der Waals surface area (Å²) in [5.74, 6) is -1.03. The van der Waals surface area contributed by atoms with Gasteiger partial charge in [0.05, 0.1) is 11.7 Å². The summed E-state index contributed by atoms with van der Waals surface area (Å²) in [6.07, 6.45) is -5.95. The molecular formula is C12H17F3N2OS. The molecule has 108 valence electrons. The van der Waals surface area contributed by atoms with Crippen LogP contribution in [0.15, 0.2) is 5.38 Å². The minimum atomic E-state index is -4.48. The molecule has 0 aliphatic rings. The predicted octanol–water partition coefficient (Wildman–Crippen LogP) is 3.57. The molecule has 0 aliphatic carbocycles. The highest BCUT2D eigenvalue weighted by atomic mass is 32.1. The van der Waals surface area contributed by atoms with E-state index >= 15 is 0 Å². The molecule has 1 aromatic heterocycles. The number of amides is 1. The number of halogens is 3. The van der Waals surface area contributed by atoms with Crippen molar-refractivity contribution >= 4 is 17.2 Å². The van der Waals surface area contributed by atoms with Gasteiger partial charge < -0.3 is 5.32 Å². The lowest BCUT2D eigenvalue weighted by atomic mass is 9.93. The lowest BCUT2D eigenvalue weighted by Crippen LogP contribution is -2.30. The molecule has 0 aromatic carbocycles. The van der Waals surface area contributed by atoms with Crippen molar-refractivity contribution < 1.29 is 18.0 Å². The molecule has 0 aliphatic heterocycles. The van der Waals surface area contributed by atoms with Crippen LogP contribution in [0.4, 0.5) is 13.2 Å². The Labute approximate surface area is 114 Å². The lowest BCUT2D eigenvalue weighted by molar-refractivity contribution is -0.154. The highest BCUT2D eigenvalue weighted by molar-refractivity contribution is 7.09. The molecule has 19 heavy (non-hydrogen) atoms. The highest BCUT2D eigenvalue weighted by Crippen LogP contribution is 2.27. The third kappa shape index (κ3) is 5.18. The first-order chi connectivity index (χ1) is 8.49. The number of hydrogen-bond donors (Lipinski definition) is 1. The van der Waals surface area contributed by atoms with Crippen molar-refractivity contribution in [2.75, 3.05) is 0 Å². The average molecular weight is 294 g/mol. The van der Waals surface area contributed by atoms with E-state index in [4.69, 9.17) is 0 Å². The fraction of sp³-hybridized carbons (Fsp3) is 0.667. The van der Waals surface area contributed by atoms with Gasteiger partial charge in [-0.2, -0.15) is 13.2 Å². The molecule has 0 spiro atoms. The van der Waals surface area contributed by atoms with Crippen molar-refractivity contribution in [2.45, 2.75) is 51.7 Å². The highest BCUT2D eigenvalue weighted by Gasteiger charge is 2.32. The number of nitrogens with zero attached hydrogens (tertiary/aromatic N) is 1. The van der Waals surface area contributed by atoms with Gasteiger partial charge >= 0.3 is 6.18 Å². The largest absolute Gasteiger partial charge is 0.397 e. The summed E-state index contributed by atoms with van der Waals surface area (Å²) in [6.45, 7) is 7.62. The number of nitrogens with one attached hydrogen (secondary N) is 1. The molecule has 1 amide bonds. The summed E-state index contributed by atoms with van der Waals surface area (Å²) < 4.78 is 36.1. The zero-order valence-electron chi connectivity index (χ0n) is 11.3. The smallest absolute Gasteiger partial charge is 0.347 e. The van der Waals surface area contributed by atoms with E-state index < -0.39 is 24.5 Å². The summed E-state index contributed by atoms with van der Waals surface area (Å²) in [6, 6.07) is -0.518. The minimum Gasteiger partial charge on any atom is -0.347 e. The monoisotopic (exact) mass is 294 g/mol. The van der Waals surface area contributed by atoms with Crippen LogP contribution in [-0.2, 0) is 10.2 Å². The van der Waals surface area contributed by atoms with E-state index in [1.165, 1.54) is 11.3 Å². The van der Waals surface area contributed by atoms with E-state index in [1.54, 1.807) is 6.92 Å². The molecule has 7 heteroatoms. The van der Waals surface area contributed by atoms with Gasteiger partial charge in [0.15, 0.2) is 0 Å². The zero-order valence-corrected chi connectivity index (χ0v) is 12.1. The second kappa shape index (κ2) is 5.48. The van der Waals surface area contributed by atoms with Gasteiger partial charge in [-0.1, -0.05) is 20.8 Å². The van der Waals surface area contributed by atoms with Crippen LogP contribution in [0.5, 0.6) is 0 Å². The Balaban J connectivity index is 2.66. The minimum absolute atomic E-state index is 0.121. The van der Waals surface area contributed by atoms with Crippen molar-refractivity contribution in [3.05, 3.63) is 16.1 Å². The molecular weight excluding hydrogens is 277 g/mol. The van der Waals surface area contributed by atoms with Crippen LogP contribution in [0, 0.1) is 0 Å². The van der Waals surface area contributed by atoms with Gasteiger partial charge in [0.1, 0.15) is 11.4 Å². The molecule has 1 heterocycles. The third-order valence-corrected chi connectivity index (χ3v) is 3.43. The number of aromatic nitrogens is 1. The Bertz CT molecular complexity index is 449. The van der Waals surface area contributed by atoms with Crippen LogP contribution in [-0.4, -0.2) is 17.1 Å². The fourth-order valence-corrected chi connectivity index (χ4v) is 2.42. The Morgan fingerprint density at radius 2 is 2.00 bits per heavy atom. The Morgan fingerprint density at radius 3 is 2.42 bits per heavy atom. The number of thiazole rings is 1. The van der Waals surface area contributed by atoms with E-state index in [2.05, 4.69) is 10.3 Å². The second-order valence-corrected chi connectivity index (χ2v) is 6.29. The van der Waals surface area contributed by atoms with Crippen molar-refractivity contribution in [2.24, 2.45) is 0 Å². The van der Waals surface area contributed by atoms with Gasteiger partial charge in [-0.25, -0.2) is 4.98 Å². The van der Waals surface area contributed by atoms with Crippen LogP contribution in [0.1, 0.15) is 50.9 Å². The van der Waals surface area contributed by atoms with Crippen molar-refractivity contribution in [3.63, 3.8) is 0 Å². The van der Waals surface area contributed by atoms with E-state index in [0.29, 0.717) is 5.01 Å². The summed E-state index contributed by atoms with van der Waals surface area (Å²) in [7, 11) is 0. The van der Waals surface area contributed by atoms with Crippen LogP contribution in [0.3, 0.4) is 0 Å². The topological polar surface area (TPSA) is 42.0 Å². The summed E-state index contributed by atoms with van der Waals surface area (Å²) >= 11 is 1.34. The molecule has 3 nitrogen and oxygen atoms in total. The maximum Gasteiger partial charge on any atom is 0.397 e. The normalized spacial score (nSPS) is 14.3. The Morgan fingerprint density at radius 1 is 1.42 bits per heavy atom. The van der Waals surface area contributed by atoms with Crippen LogP contribution >= 0.6 is 11.3 Å². The maximum absolute atomic E-state index is 12.0. The van der Waals surface area contributed by atoms with Crippen LogP contribution in [0.2, 0.25) is 0 Å². The molecule has 0 saturated carbocycles. The molecule has 1 aromatic rings. The van der Waals surface area contributed by atoms with Gasteiger partial charge in [0.2, 0.25) is 5.91 Å². The molecule has 1 atom stereocenters. The molecule has 1 N–H and O–H groups in total. The van der Waals surface area contributed by atoms with Gasteiger partial charge in [-0.15, -0.1) is 11.3 Å². The molecule has 0 fully saturated rings. The van der Waals surface area contributed by atoms with Crippen molar-refractivity contribution in [1.82, 2.24) is 10.3 Å². The quantitative estimate of drug-likeness (QED) is 0.926. The number of rotatable bonds is 3. The van der Waals surface area contributed by atoms with E-state index in [0.717, 1.165) is 5.69 Å². The first kappa shape index (κ1) is 15.9. The summed E-state index contributed by atoms with van der Waals surface area (Å²) in [5, 5.41) is 4.78. The predicted molar refractivity (Wildman–Crippen MR) is 68.0 cm³/mol. The zero-order chi connectivity index (χ0) is 14.8. The SMILES string of the molecule is C[C@H](NC(=O)CC(F)(F)F)c1nc(C(C)(C)C)cs1. The number of carbonyl (C=O) groups is 1. The Kier molecular flexibility index (Phi) is 4.60. The fourth-order valence-electron chi connectivity index (χ4n) is 1.37. The van der Waals surface area contributed by atoms with Crippen LogP contribution in [0.25, 0.3) is 0 Å². The van der Waals surface area contributed by atoms with E-state index in [9.17, 15) is 18.0 Å². The molecule has 1 rings (SSSR count). The van der Waals surface area contributed by atoms with Gasteiger partial charge in [-0.05, 0) is 6.92 Å².